The minimum Gasteiger partial charge on any atom is -0.427 e. The van der Waals surface area contributed by atoms with Gasteiger partial charge in [-0.1, -0.05) is 32.4 Å². The maximum atomic E-state index is 13.5. The molecule has 0 bridgehead atoms. The molecule has 8 heteroatoms. The van der Waals surface area contributed by atoms with E-state index in [0.717, 1.165) is 16.0 Å². The minimum atomic E-state index is -0.442. The monoisotopic (exact) mass is 361 g/mol. The fourth-order valence-electron chi connectivity index (χ4n) is 1.37. The number of benzene rings is 1. The highest BCUT2D eigenvalue weighted by Gasteiger charge is 2.10. The van der Waals surface area contributed by atoms with Crippen LogP contribution < -0.4 is 10.1 Å². The van der Waals surface area contributed by atoms with Gasteiger partial charge in [0.25, 0.3) is 5.19 Å². The van der Waals surface area contributed by atoms with E-state index >= 15 is 0 Å². The van der Waals surface area contributed by atoms with Crippen LogP contribution in [0.15, 0.2) is 22.7 Å². The number of nitrogens with one attached hydrogen (secondary N) is 1. The standard InChI is InChI=1S/C12H13BrFN3O2S/c1-18-5-4-15-7-11-16-17-12(20-11)19-10-6-8(13)2-3-9(10)14/h2-3,6,15H,4-5,7H2,1H3. The molecule has 2 aromatic rings. The lowest BCUT2D eigenvalue weighted by Crippen LogP contribution is -2.18. The molecule has 0 aliphatic rings. The SMILES string of the molecule is COCCNCc1nnc(Oc2cc(Br)ccc2F)s1. The van der Waals surface area contributed by atoms with Gasteiger partial charge in [-0.2, -0.15) is 0 Å². The minimum absolute atomic E-state index is 0.120. The first kappa shape index (κ1) is 15.3. The van der Waals surface area contributed by atoms with E-state index in [-0.39, 0.29) is 5.75 Å². The Kier molecular flexibility index (Phi) is 5.84. The third-order valence-electron chi connectivity index (χ3n) is 2.30. The van der Waals surface area contributed by atoms with E-state index < -0.39 is 5.82 Å². The molecule has 0 atom stereocenters. The molecule has 20 heavy (non-hydrogen) atoms. The van der Waals surface area contributed by atoms with E-state index in [2.05, 4.69) is 31.4 Å². The Morgan fingerprint density at radius 2 is 2.25 bits per heavy atom. The van der Waals surface area contributed by atoms with Gasteiger partial charge in [0.1, 0.15) is 5.01 Å². The Hall–Kier alpha value is -1.09. The van der Waals surface area contributed by atoms with Crippen molar-refractivity contribution < 1.29 is 13.9 Å². The van der Waals surface area contributed by atoms with Crippen LogP contribution in [-0.2, 0) is 11.3 Å². The smallest absolute Gasteiger partial charge is 0.299 e. The molecule has 5 nitrogen and oxygen atoms in total. The van der Waals surface area contributed by atoms with Gasteiger partial charge in [-0.15, -0.1) is 5.10 Å². The molecule has 0 saturated heterocycles. The van der Waals surface area contributed by atoms with E-state index in [0.29, 0.717) is 18.3 Å². The number of hydrogen-bond acceptors (Lipinski definition) is 6. The van der Waals surface area contributed by atoms with Crippen LogP contribution in [0, 0.1) is 5.82 Å². The number of halogens is 2. The number of ether oxygens (including phenoxy) is 2. The summed E-state index contributed by atoms with van der Waals surface area (Å²) in [7, 11) is 1.64. The summed E-state index contributed by atoms with van der Waals surface area (Å²) in [6.07, 6.45) is 0. The highest BCUT2D eigenvalue weighted by atomic mass is 79.9. The van der Waals surface area contributed by atoms with Crippen LogP contribution in [-0.4, -0.2) is 30.5 Å². The average molecular weight is 362 g/mol. The molecule has 1 aromatic heterocycles. The molecule has 1 aromatic carbocycles. The molecule has 108 valence electrons. The normalized spacial score (nSPS) is 10.8. The first-order valence-electron chi connectivity index (χ1n) is 5.84. The van der Waals surface area contributed by atoms with Crippen molar-refractivity contribution in [2.75, 3.05) is 20.3 Å². The van der Waals surface area contributed by atoms with Crippen molar-refractivity contribution in [1.29, 1.82) is 0 Å². The lowest BCUT2D eigenvalue weighted by Gasteiger charge is -2.02. The number of nitrogens with zero attached hydrogens (tertiary/aromatic N) is 2. The number of rotatable bonds is 7. The Morgan fingerprint density at radius 1 is 1.40 bits per heavy atom. The first-order valence-corrected chi connectivity index (χ1v) is 7.45. The number of methoxy groups -OCH3 is 1. The lowest BCUT2D eigenvalue weighted by atomic mass is 10.3. The molecule has 2 rings (SSSR count). The second kappa shape index (κ2) is 7.63. The predicted molar refractivity (Wildman–Crippen MR) is 77.7 cm³/mol. The van der Waals surface area contributed by atoms with Gasteiger partial charge in [0.05, 0.1) is 6.61 Å². The Bertz CT molecular complexity index is 567. The predicted octanol–water partition coefficient (Wildman–Crippen LogP) is 2.97. The molecule has 0 spiro atoms. The van der Waals surface area contributed by atoms with E-state index in [1.165, 1.54) is 17.4 Å². The van der Waals surface area contributed by atoms with Crippen molar-refractivity contribution in [3.8, 4) is 10.9 Å². The van der Waals surface area contributed by atoms with Crippen LogP contribution in [0.1, 0.15) is 5.01 Å². The van der Waals surface area contributed by atoms with Gasteiger partial charge in [0.15, 0.2) is 11.6 Å². The molecule has 0 aliphatic carbocycles. The van der Waals surface area contributed by atoms with Gasteiger partial charge >= 0.3 is 0 Å². The van der Waals surface area contributed by atoms with Crippen LogP contribution in [0.5, 0.6) is 10.9 Å². The lowest BCUT2D eigenvalue weighted by molar-refractivity contribution is 0.199. The summed E-state index contributed by atoms with van der Waals surface area (Å²) in [6, 6.07) is 4.48. The molecule has 0 saturated carbocycles. The first-order chi connectivity index (χ1) is 9.69. The molecule has 1 heterocycles. The van der Waals surface area contributed by atoms with Gasteiger partial charge < -0.3 is 14.8 Å². The Labute approximate surface area is 128 Å². The maximum Gasteiger partial charge on any atom is 0.299 e. The summed E-state index contributed by atoms with van der Waals surface area (Å²) in [4.78, 5) is 0. The summed E-state index contributed by atoms with van der Waals surface area (Å²) in [6.45, 7) is 1.93. The van der Waals surface area contributed by atoms with Crippen LogP contribution in [0.4, 0.5) is 4.39 Å². The molecule has 0 fully saturated rings. The van der Waals surface area contributed by atoms with Crippen LogP contribution >= 0.6 is 27.3 Å². The van der Waals surface area contributed by atoms with E-state index in [9.17, 15) is 4.39 Å². The summed E-state index contributed by atoms with van der Waals surface area (Å²) < 4.78 is 24.6. The van der Waals surface area contributed by atoms with Crippen molar-refractivity contribution in [1.82, 2.24) is 15.5 Å². The zero-order chi connectivity index (χ0) is 14.4. The van der Waals surface area contributed by atoms with Crippen molar-refractivity contribution in [3.63, 3.8) is 0 Å². The van der Waals surface area contributed by atoms with Gasteiger partial charge in [-0.05, 0) is 18.2 Å². The largest absolute Gasteiger partial charge is 0.427 e. The maximum absolute atomic E-state index is 13.5. The summed E-state index contributed by atoms with van der Waals surface area (Å²) >= 11 is 4.53. The number of aromatic nitrogens is 2. The molecule has 0 aliphatic heterocycles. The zero-order valence-electron chi connectivity index (χ0n) is 10.7. The fourth-order valence-corrected chi connectivity index (χ4v) is 2.38. The molecule has 1 N–H and O–H groups in total. The molecular formula is C12H13BrFN3O2S. The molecule has 0 amide bonds. The van der Waals surface area contributed by atoms with E-state index in [1.807, 2.05) is 0 Å². The third kappa shape index (κ3) is 4.48. The van der Waals surface area contributed by atoms with Crippen LogP contribution in [0.2, 0.25) is 0 Å². The topological polar surface area (TPSA) is 56.3 Å². The molecular weight excluding hydrogens is 349 g/mol. The summed E-state index contributed by atoms with van der Waals surface area (Å²) in [5.74, 6) is -0.322. The Morgan fingerprint density at radius 3 is 3.05 bits per heavy atom. The zero-order valence-corrected chi connectivity index (χ0v) is 13.1. The quantitative estimate of drug-likeness (QED) is 0.768. The number of hydrogen-bond donors (Lipinski definition) is 1. The van der Waals surface area contributed by atoms with Crippen molar-refractivity contribution in [3.05, 3.63) is 33.5 Å². The van der Waals surface area contributed by atoms with E-state index in [4.69, 9.17) is 9.47 Å². The van der Waals surface area contributed by atoms with Gasteiger partial charge in [-0.3, -0.25) is 0 Å². The second-order valence-electron chi connectivity index (χ2n) is 3.81. The molecule has 0 radical (unpaired) electrons. The second-order valence-corrected chi connectivity index (χ2v) is 5.75. The van der Waals surface area contributed by atoms with Crippen molar-refractivity contribution in [2.45, 2.75) is 6.54 Å². The van der Waals surface area contributed by atoms with Gasteiger partial charge in [0, 0.05) is 24.7 Å². The van der Waals surface area contributed by atoms with Gasteiger partial charge in [-0.25, -0.2) is 4.39 Å². The summed E-state index contributed by atoms with van der Waals surface area (Å²) in [5.41, 5.74) is 0. The third-order valence-corrected chi connectivity index (χ3v) is 3.59. The van der Waals surface area contributed by atoms with Crippen molar-refractivity contribution in [2.24, 2.45) is 0 Å². The highest BCUT2D eigenvalue weighted by Crippen LogP contribution is 2.29. The van der Waals surface area contributed by atoms with E-state index in [1.54, 1.807) is 19.2 Å². The van der Waals surface area contributed by atoms with Gasteiger partial charge in [0.2, 0.25) is 0 Å². The van der Waals surface area contributed by atoms with Crippen molar-refractivity contribution >= 4 is 27.3 Å². The van der Waals surface area contributed by atoms with Crippen LogP contribution in [0.3, 0.4) is 0 Å². The highest BCUT2D eigenvalue weighted by molar-refractivity contribution is 9.10. The average Bonchev–Trinajstić information content (AvgIpc) is 2.87. The molecule has 0 unspecified atom stereocenters. The Balaban J connectivity index is 1.93. The fraction of sp³-hybridized carbons (Fsp3) is 0.333. The van der Waals surface area contributed by atoms with Crippen LogP contribution in [0.25, 0.3) is 0 Å². The summed E-state index contributed by atoms with van der Waals surface area (Å²) in [5, 5.41) is 12.1.